The fourth-order valence-corrected chi connectivity index (χ4v) is 4.31. The molecule has 3 rings (SSSR count). The minimum atomic E-state index is -3.92. The predicted octanol–water partition coefficient (Wildman–Crippen LogP) is 2.69. The number of rotatable bonds is 4. The predicted molar refractivity (Wildman–Crippen MR) is 84.5 cm³/mol. The smallest absolute Gasteiger partial charge is 0.321 e. The van der Waals surface area contributed by atoms with Crippen LogP contribution in [0, 0.1) is 0 Å². The molecule has 2 aromatic rings. The van der Waals surface area contributed by atoms with Gasteiger partial charge in [-0.05, 0) is 37.3 Å². The van der Waals surface area contributed by atoms with Gasteiger partial charge in [0.25, 0.3) is 0 Å². The summed E-state index contributed by atoms with van der Waals surface area (Å²) in [6, 6.07) is 10.7. The Morgan fingerprint density at radius 1 is 1.17 bits per heavy atom. The van der Waals surface area contributed by atoms with E-state index in [0.717, 1.165) is 10.6 Å². The van der Waals surface area contributed by atoms with E-state index in [0.29, 0.717) is 10.6 Å². The maximum atomic E-state index is 12.3. The highest BCUT2D eigenvalue weighted by atomic mass is 32.2. The van der Waals surface area contributed by atoms with Crippen LogP contribution < -0.4 is 9.46 Å². The van der Waals surface area contributed by atoms with Crippen molar-refractivity contribution in [2.45, 2.75) is 27.7 Å². The van der Waals surface area contributed by atoms with E-state index in [1.165, 1.54) is 30.8 Å². The van der Waals surface area contributed by atoms with Gasteiger partial charge in [0.1, 0.15) is 17.5 Å². The SMILES string of the molecule is C[C@@H](NS(=O)(=O)c1ccc2c(c1)Sc1ccccc1O2)C(=O)O. The summed E-state index contributed by atoms with van der Waals surface area (Å²) in [6.45, 7) is 1.27. The number of hydrogen-bond donors (Lipinski definition) is 2. The van der Waals surface area contributed by atoms with Crippen LogP contribution in [0.1, 0.15) is 6.92 Å². The maximum absolute atomic E-state index is 12.3. The van der Waals surface area contributed by atoms with Crippen molar-refractivity contribution in [1.29, 1.82) is 0 Å². The van der Waals surface area contributed by atoms with Crippen molar-refractivity contribution in [1.82, 2.24) is 4.72 Å². The van der Waals surface area contributed by atoms with Gasteiger partial charge in [0, 0.05) is 0 Å². The zero-order chi connectivity index (χ0) is 16.6. The average Bonchev–Trinajstić information content (AvgIpc) is 2.51. The molecule has 1 heterocycles. The van der Waals surface area contributed by atoms with Crippen molar-refractivity contribution in [3.8, 4) is 11.5 Å². The standard InChI is InChI=1S/C15H13NO5S2/c1-9(15(17)18)16-23(19,20)10-6-7-12-14(8-10)22-13-5-3-2-4-11(13)21-12/h2-9,16H,1H3,(H,17,18)/t9-/m1/s1. The molecule has 0 unspecified atom stereocenters. The van der Waals surface area contributed by atoms with Gasteiger partial charge in [0.2, 0.25) is 10.0 Å². The van der Waals surface area contributed by atoms with Crippen molar-refractivity contribution in [2.75, 3.05) is 0 Å². The van der Waals surface area contributed by atoms with Crippen LogP contribution in [0.4, 0.5) is 0 Å². The molecule has 1 atom stereocenters. The first-order valence-corrected chi connectivity index (χ1v) is 9.01. The van der Waals surface area contributed by atoms with Crippen molar-refractivity contribution >= 4 is 27.8 Å². The van der Waals surface area contributed by atoms with Gasteiger partial charge in [0.15, 0.2) is 0 Å². The van der Waals surface area contributed by atoms with Gasteiger partial charge in [-0.1, -0.05) is 23.9 Å². The monoisotopic (exact) mass is 351 g/mol. The van der Waals surface area contributed by atoms with Gasteiger partial charge < -0.3 is 9.84 Å². The molecule has 0 bridgehead atoms. The van der Waals surface area contributed by atoms with Crippen molar-refractivity contribution in [3.05, 3.63) is 42.5 Å². The van der Waals surface area contributed by atoms with Gasteiger partial charge in [-0.25, -0.2) is 8.42 Å². The Kier molecular flexibility index (Phi) is 4.05. The summed E-state index contributed by atoms with van der Waals surface area (Å²) in [5, 5.41) is 8.84. The zero-order valence-corrected chi connectivity index (χ0v) is 13.6. The third-order valence-electron chi connectivity index (χ3n) is 3.22. The number of carboxylic acids is 1. The molecule has 2 aromatic carbocycles. The molecule has 6 nitrogen and oxygen atoms in total. The summed E-state index contributed by atoms with van der Waals surface area (Å²) < 4.78 is 32.4. The molecule has 0 saturated heterocycles. The number of sulfonamides is 1. The van der Waals surface area contributed by atoms with Crippen molar-refractivity contribution < 1.29 is 23.1 Å². The molecule has 0 amide bonds. The van der Waals surface area contributed by atoms with Crippen molar-refractivity contribution in [2.24, 2.45) is 0 Å². The number of nitrogens with one attached hydrogen (secondary N) is 1. The van der Waals surface area contributed by atoms with E-state index in [4.69, 9.17) is 9.84 Å². The van der Waals surface area contributed by atoms with E-state index < -0.39 is 22.0 Å². The third-order valence-corrected chi connectivity index (χ3v) is 5.85. The molecule has 0 spiro atoms. The van der Waals surface area contributed by atoms with E-state index in [1.54, 1.807) is 6.07 Å². The summed E-state index contributed by atoms with van der Waals surface area (Å²) in [7, 11) is -3.92. The second kappa shape index (κ2) is 5.88. The number of hydrogen-bond acceptors (Lipinski definition) is 5. The van der Waals surface area contributed by atoms with Gasteiger partial charge in [-0.15, -0.1) is 0 Å². The molecular weight excluding hydrogens is 338 g/mol. The number of para-hydroxylation sites is 1. The largest absolute Gasteiger partial charge is 0.480 e. The summed E-state index contributed by atoms with van der Waals surface area (Å²) in [6.07, 6.45) is 0. The Morgan fingerprint density at radius 2 is 1.87 bits per heavy atom. The Labute approximate surface area is 137 Å². The van der Waals surface area contributed by atoms with E-state index in [1.807, 2.05) is 24.3 Å². The zero-order valence-electron chi connectivity index (χ0n) is 12.0. The first-order chi connectivity index (χ1) is 10.9. The second-order valence-electron chi connectivity index (χ2n) is 4.94. The number of ether oxygens (including phenoxy) is 1. The van der Waals surface area contributed by atoms with Gasteiger partial charge >= 0.3 is 5.97 Å². The second-order valence-corrected chi connectivity index (χ2v) is 7.74. The number of aliphatic carboxylic acids is 1. The molecule has 1 aliphatic rings. The number of fused-ring (bicyclic) bond motifs is 2. The molecule has 0 fully saturated rings. The van der Waals surface area contributed by atoms with E-state index >= 15 is 0 Å². The number of benzene rings is 2. The maximum Gasteiger partial charge on any atom is 0.321 e. The van der Waals surface area contributed by atoms with Crippen LogP contribution in [0.15, 0.2) is 57.2 Å². The third kappa shape index (κ3) is 3.19. The number of carbonyl (C=O) groups is 1. The molecule has 0 aliphatic carbocycles. The average molecular weight is 351 g/mol. The van der Waals surface area contributed by atoms with Crippen LogP contribution in [-0.4, -0.2) is 25.5 Å². The van der Waals surface area contributed by atoms with Gasteiger partial charge in [-0.2, -0.15) is 4.72 Å². The van der Waals surface area contributed by atoms with Crippen LogP contribution in [0.3, 0.4) is 0 Å². The van der Waals surface area contributed by atoms with Gasteiger partial charge in [-0.3, -0.25) is 4.79 Å². The minimum Gasteiger partial charge on any atom is -0.480 e. The van der Waals surface area contributed by atoms with E-state index in [-0.39, 0.29) is 4.90 Å². The molecule has 2 N–H and O–H groups in total. The lowest BCUT2D eigenvalue weighted by Crippen LogP contribution is -2.38. The Balaban J connectivity index is 1.92. The Hall–Kier alpha value is -2.03. The molecule has 0 saturated carbocycles. The van der Waals surface area contributed by atoms with Gasteiger partial charge in [0.05, 0.1) is 14.7 Å². The normalized spacial score (nSPS) is 14.3. The molecular formula is C15H13NO5S2. The van der Waals surface area contributed by atoms with Crippen molar-refractivity contribution in [3.63, 3.8) is 0 Å². The van der Waals surface area contributed by atoms with Crippen LogP contribution in [0.5, 0.6) is 11.5 Å². The molecule has 0 radical (unpaired) electrons. The highest BCUT2D eigenvalue weighted by Gasteiger charge is 2.24. The molecule has 23 heavy (non-hydrogen) atoms. The fourth-order valence-electron chi connectivity index (χ4n) is 2.03. The fraction of sp³-hybridized carbons (Fsp3) is 0.133. The lowest BCUT2D eigenvalue weighted by Gasteiger charge is -2.20. The Bertz CT molecular complexity index is 879. The Morgan fingerprint density at radius 3 is 2.61 bits per heavy atom. The summed E-state index contributed by atoms with van der Waals surface area (Å²) in [5.74, 6) is 0.0512. The molecule has 0 aromatic heterocycles. The molecule has 120 valence electrons. The van der Waals surface area contributed by atoms with Crippen LogP contribution >= 0.6 is 11.8 Å². The van der Waals surface area contributed by atoms with Crippen LogP contribution in [-0.2, 0) is 14.8 Å². The highest BCUT2D eigenvalue weighted by Crippen LogP contribution is 2.47. The summed E-state index contributed by atoms with van der Waals surface area (Å²) in [4.78, 5) is 12.4. The quantitative estimate of drug-likeness (QED) is 0.751. The molecule has 1 aliphatic heterocycles. The van der Waals surface area contributed by atoms with Crippen LogP contribution in [0.25, 0.3) is 0 Å². The number of carboxylic acid groups (broad SMARTS) is 1. The lowest BCUT2D eigenvalue weighted by molar-refractivity contribution is -0.138. The summed E-state index contributed by atoms with van der Waals surface area (Å²) >= 11 is 1.40. The highest BCUT2D eigenvalue weighted by molar-refractivity contribution is 7.99. The molecule has 8 heteroatoms. The topological polar surface area (TPSA) is 92.7 Å². The lowest BCUT2D eigenvalue weighted by atomic mass is 10.3. The van der Waals surface area contributed by atoms with E-state index in [2.05, 4.69) is 4.72 Å². The minimum absolute atomic E-state index is 0.000156. The summed E-state index contributed by atoms with van der Waals surface area (Å²) in [5.41, 5.74) is 0. The van der Waals surface area contributed by atoms with Crippen LogP contribution in [0.2, 0.25) is 0 Å². The van der Waals surface area contributed by atoms with E-state index in [9.17, 15) is 13.2 Å². The first kappa shape index (κ1) is 15.9. The first-order valence-electron chi connectivity index (χ1n) is 6.71.